The van der Waals surface area contributed by atoms with Gasteiger partial charge in [0.05, 0.1) is 0 Å². The van der Waals surface area contributed by atoms with E-state index in [0.29, 0.717) is 6.42 Å². The molecule has 0 spiro atoms. The number of rotatable bonds is 29. The molecule has 1 unspecified atom stereocenters. The van der Waals surface area contributed by atoms with E-state index in [0.717, 1.165) is 83.5 Å². The summed E-state index contributed by atoms with van der Waals surface area (Å²) in [5.74, 6) is -0.706. The molecule has 0 saturated carbocycles. The molecule has 0 aliphatic heterocycles. The molecule has 4 nitrogen and oxygen atoms in total. The van der Waals surface area contributed by atoms with Crippen molar-refractivity contribution in [1.82, 2.24) is 0 Å². The van der Waals surface area contributed by atoms with Crippen molar-refractivity contribution in [2.24, 2.45) is 0 Å². The van der Waals surface area contributed by atoms with Gasteiger partial charge >= 0.3 is 11.9 Å². The molecule has 0 radical (unpaired) electrons. The molecule has 0 aromatic heterocycles. The van der Waals surface area contributed by atoms with Gasteiger partial charge in [0.2, 0.25) is 0 Å². The number of carbonyl (C=O) groups excluding carboxylic acids is 1. The van der Waals surface area contributed by atoms with Crippen LogP contribution in [0.15, 0.2) is 24.3 Å². The normalized spacial score (nSPS) is 12.5. The van der Waals surface area contributed by atoms with E-state index < -0.39 is 5.97 Å². The fourth-order valence-electron chi connectivity index (χ4n) is 4.74. The Morgan fingerprint density at radius 3 is 1.61 bits per heavy atom. The van der Waals surface area contributed by atoms with Gasteiger partial charge in [0.15, 0.2) is 0 Å². The van der Waals surface area contributed by atoms with Crippen molar-refractivity contribution in [3.05, 3.63) is 24.3 Å². The lowest BCUT2D eigenvalue weighted by atomic mass is 10.0. The SMILES string of the molecule is CCCCC/C=C\C/C=C\CCCCCCCC(=O)OC(CCCCCC)CCCCCCCCC(=O)O. The van der Waals surface area contributed by atoms with Crippen LogP contribution in [0.1, 0.15) is 174 Å². The fourth-order valence-corrected chi connectivity index (χ4v) is 4.74. The van der Waals surface area contributed by atoms with Crippen LogP contribution in [0.3, 0.4) is 0 Å². The van der Waals surface area contributed by atoms with E-state index in [4.69, 9.17) is 9.84 Å². The molecule has 4 heteroatoms. The van der Waals surface area contributed by atoms with Crippen LogP contribution in [-0.2, 0) is 14.3 Å². The first-order chi connectivity index (χ1) is 18.6. The number of carboxylic acids is 1. The molecule has 0 heterocycles. The van der Waals surface area contributed by atoms with Gasteiger partial charge in [0.25, 0.3) is 0 Å². The Labute approximate surface area is 236 Å². The molecule has 0 bridgehead atoms. The Kier molecular flexibility index (Phi) is 28.7. The summed E-state index contributed by atoms with van der Waals surface area (Å²) in [5, 5.41) is 8.71. The second-order valence-corrected chi connectivity index (χ2v) is 11.0. The van der Waals surface area contributed by atoms with Crippen molar-refractivity contribution in [2.75, 3.05) is 0 Å². The zero-order chi connectivity index (χ0) is 27.9. The first-order valence-electron chi connectivity index (χ1n) is 16.3. The minimum atomic E-state index is -0.697. The van der Waals surface area contributed by atoms with Crippen LogP contribution in [0.4, 0.5) is 0 Å². The van der Waals surface area contributed by atoms with Gasteiger partial charge in [0, 0.05) is 12.8 Å². The molecule has 0 fully saturated rings. The third-order valence-corrected chi connectivity index (χ3v) is 7.18. The average molecular weight is 535 g/mol. The Bertz CT molecular complexity index is 581. The number of carbonyl (C=O) groups is 2. The van der Waals surface area contributed by atoms with Crippen LogP contribution < -0.4 is 0 Å². The van der Waals surface area contributed by atoms with Crippen LogP contribution in [0.2, 0.25) is 0 Å². The number of hydrogen-bond acceptors (Lipinski definition) is 3. The van der Waals surface area contributed by atoms with Crippen LogP contribution in [0, 0.1) is 0 Å². The predicted octanol–water partition coefficient (Wildman–Crippen LogP) is 10.9. The van der Waals surface area contributed by atoms with Crippen molar-refractivity contribution in [1.29, 1.82) is 0 Å². The standard InChI is InChI=1S/C34H62O4/c1-3-5-7-9-10-11-12-13-14-15-16-17-18-23-27-31-34(37)38-32(28-24-8-6-4-2)29-25-21-19-20-22-26-30-33(35)36/h10-11,13-14,32H,3-9,12,15-31H2,1-2H3,(H,35,36)/b11-10-,14-13-. The second-order valence-electron chi connectivity index (χ2n) is 11.0. The van der Waals surface area contributed by atoms with Gasteiger partial charge in [-0.2, -0.15) is 0 Å². The Hall–Kier alpha value is -1.58. The quantitative estimate of drug-likeness (QED) is 0.0589. The molecular weight excluding hydrogens is 472 g/mol. The van der Waals surface area contributed by atoms with E-state index in [1.807, 2.05) is 0 Å². The Morgan fingerprint density at radius 2 is 1.03 bits per heavy atom. The maximum Gasteiger partial charge on any atom is 0.306 e. The lowest BCUT2D eigenvalue weighted by Gasteiger charge is -2.18. The van der Waals surface area contributed by atoms with Gasteiger partial charge in [-0.3, -0.25) is 9.59 Å². The maximum absolute atomic E-state index is 12.5. The zero-order valence-corrected chi connectivity index (χ0v) is 25.2. The van der Waals surface area contributed by atoms with Gasteiger partial charge in [-0.15, -0.1) is 0 Å². The summed E-state index contributed by atoms with van der Waals surface area (Å²) in [4.78, 5) is 23.0. The number of carboxylic acid groups (broad SMARTS) is 1. The van der Waals surface area contributed by atoms with Crippen molar-refractivity contribution < 1.29 is 19.4 Å². The Balaban J connectivity index is 3.87. The minimum Gasteiger partial charge on any atom is -0.481 e. The third kappa shape index (κ3) is 29.0. The molecule has 1 N–H and O–H groups in total. The summed E-state index contributed by atoms with van der Waals surface area (Å²) in [6.07, 6.45) is 36.3. The number of ether oxygens (including phenoxy) is 1. The topological polar surface area (TPSA) is 63.6 Å². The number of unbranched alkanes of at least 4 members (excludes halogenated alkanes) is 16. The molecule has 0 aromatic rings. The van der Waals surface area contributed by atoms with Gasteiger partial charge in [-0.25, -0.2) is 0 Å². The van der Waals surface area contributed by atoms with Crippen molar-refractivity contribution in [3.63, 3.8) is 0 Å². The molecule has 0 aliphatic rings. The number of aliphatic carboxylic acids is 1. The highest BCUT2D eigenvalue weighted by Gasteiger charge is 2.14. The molecule has 38 heavy (non-hydrogen) atoms. The van der Waals surface area contributed by atoms with Crippen molar-refractivity contribution >= 4 is 11.9 Å². The smallest absolute Gasteiger partial charge is 0.306 e. The molecule has 0 aliphatic carbocycles. The molecule has 222 valence electrons. The summed E-state index contributed by atoms with van der Waals surface area (Å²) < 4.78 is 5.90. The molecule has 0 aromatic carbocycles. The molecule has 1 atom stereocenters. The summed E-state index contributed by atoms with van der Waals surface area (Å²) >= 11 is 0. The van der Waals surface area contributed by atoms with Gasteiger partial charge in [-0.1, -0.05) is 115 Å². The first kappa shape index (κ1) is 36.4. The summed E-state index contributed by atoms with van der Waals surface area (Å²) in [7, 11) is 0. The highest BCUT2D eigenvalue weighted by Crippen LogP contribution is 2.18. The van der Waals surface area contributed by atoms with E-state index in [1.54, 1.807) is 0 Å². The highest BCUT2D eigenvalue weighted by molar-refractivity contribution is 5.69. The van der Waals surface area contributed by atoms with Crippen molar-refractivity contribution in [2.45, 2.75) is 180 Å². The fraction of sp³-hybridized carbons (Fsp3) is 0.824. The molecule has 0 saturated heterocycles. The Morgan fingerprint density at radius 1 is 0.579 bits per heavy atom. The lowest BCUT2D eigenvalue weighted by Crippen LogP contribution is -2.18. The molecule has 0 amide bonds. The van der Waals surface area contributed by atoms with Crippen LogP contribution in [-0.4, -0.2) is 23.1 Å². The van der Waals surface area contributed by atoms with Gasteiger partial charge < -0.3 is 9.84 Å². The third-order valence-electron chi connectivity index (χ3n) is 7.18. The number of hydrogen-bond donors (Lipinski definition) is 1. The van der Waals surface area contributed by atoms with Gasteiger partial charge in [0.1, 0.15) is 6.10 Å². The summed E-state index contributed by atoms with van der Waals surface area (Å²) in [6, 6.07) is 0. The summed E-state index contributed by atoms with van der Waals surface area (Å²) in [5.41, 5.74) is 0. The maximum atomic E-state index is 12.5. The number of esters is 1. The molecule has 0 rings (SSSR count). The predicted molar refractivity (Wildman–Crippen MR) is 163 cm³/mol. The van der Waals surface area contributed by atoms with Crippen LogP contribution >= 0.6 is 0 Å². The van der Waals surface area contributed by atoms with Crippen LogP contribution in [0.5, 0.6) is 0 Å². The largest absolute Gasteiger partial charge is 0.481 e. The minimum absolute atomic E-state index is 0.00940. The van der Waals surface area contributed by atoms with E-state index in [2.05, 4.69) is 38.2 Å². The first-order valence-corrected chi connectivity index (χ1v) is 16.3. The monoisotopic (exact) mass is 534 g/mol. The lowest BCUT2D eigenvalue weighted by molar-refractivity contribution is -0.150. The molecular formula is C34H62O4. The van der Waals surface area contributed by atoms with Gasteiger partial charge in [-0.05, 0) is 70.6 Å². The average Bonchev–Trinajstić information content (AvgIpc) is 2.90. The van der Waals surface area contributed by atoms with E-state index >= 15 is 0 Å². The second kappa shape index (κ2) is 30.0. The van der Waals surface area contributed by atoms with Crippen LogP contribution in [0.25, 0.3) is 0 Å². The summed E-state index contributed by atoms with van der Waals surface area (Å²) in [6.45, 7) is 4.47. The zero-order valence-electron chi connectivity index (χ0n) is 25.2. The van der Waals surface area contributed by atoms with E-state index in [-0.39, 0.29) is 18.5 Å². The van der Waals surface area contributed by atoms with Crippen molar-refractivity contribution in [3.8, 4) is 0 Å². The number of allylic oxidation sites excluding steroid dienone is 4. The highest BCUT2D eigenvalue weighted by atomic mass is 16.5. The van der Waals surface area contributed by atoms with E-state index in [9.17, 15) is 9.59 Å². The van der Waals surface area contributed by atoms with E-state index in [1.165, 1.54) is 64.2 Å².